The van der Waals surface area contributed by atoms with Crippen LogP contribution in [0.5, 0.6) is 0 Å². The number of hydrogen-bond acceptors (Lipinski definition) is 3. The van der Waals surface area contributed by atoms with E-state index < -0.39 is 0 Å². The summed E-state index contributed by atoms with van der Waals surface area (Å²) in [6.07, 6.45) is 1.91. The summed E-state index contributed by atoms with van der Waals surface area (Å²) in [5, 5.41) is 1.30. The molecule has 1 heterocycles. The molecule has 4 nitrogen and oxygen atoms in total. The van der Waals surface area contributed by atoms with Gasteiger partial charge in [0.05, 0.1) is 19.3 Å². The highest BCUT2D eigenvalue weighted by atomic mass is 16.7. The second-order valence-corrected chi connectivity index (χ2v) is 3.94. The summed E-state index contributed by atoms with van der Waals surface area (Å²) in [6.45, 7) is 4.01. The van der Waals surface area contributed by atoms with Crippen molar-refractivity contribution >= 4 is 5.91 Å². The van der Waals surface area contributed by atoms with Crippen molar-refractivity contribution in [1.29, 1.82) is 0 Å². The molecule has 0 aromatic heterocycles. The molecule has 14 heavy (non-hydrogen) atoms. The SMILES string of the molecule is CON(C)C(=O)[C@H]1C[C@@H](C)O[C@@H](C)C1. The minimum absolute atomic E-state index is 0.0405. The number of hydrogen-bond donors (Lipinski definition) is 0. The smallest absolute Gasteiger partial charge is 0.249 e. The van der Waals surface area contributed by atoms with E-state index in [2.05, 4.69) is 0 Å². The summed E-state index contributed by atoms with van der Waals surface area (Å²) in [5.41, 5.74) is 0. The lowest BCUT2D eigenvalue weighted by Gasteiger charge is -2.32. The van der Waals surface area contributed by atoms with E-state index >= 15 is 0 Å². The van der Waals surface area contributed by atoms with Crippen molar-refractivity contribution in [3.63, 3.8) is 0 Å². The van der Waals surface area contributed by atoms with Gasteiger partial charge in [0.25, 0.3) is 0 Å². The average Bonchev–Trinajstić information content (AvgIpc) is 2.14. The van der Waals surface area contributed by atoms with Crippen LogP contribution in [0.3, 0.4) is 0 Å². The molecule has 0 aliphatic carbocycles. The van der Waals surface area contributed by atoms with Crippen LogP contribution in [0.2, 0.25) is 0 Å². The Labute approximate surface area is 85.1 Å². The van der Waals surface area contributed by atoms with E-state index in [1.54, 1.807) is 7.05 Å². The molecule has 1 aliphatic heterocycles. The van der Waals surface area contributed by atoms with Gasteiger partial charge in [0, 0.05) is 13.0 Å². The van der Waals surface area contributed by atoms with Crippen LogP contribution >= 0.6 is 0 Å². The number of carbonyl (C=O) groups is 1. The lowest BCUT2D eigenvalue weighted by atomic mass is 9.92. The normalized spacial score (nSPS) is 32.7. The third kappa shape index (κ3) is 2.69. The van der Waals surface area contributed by atoms with E-state index in [0.29, 0.717) is 0 Å². The maximum absolute atomic E-state index is 11.8. The fraction of sp³-hybridized carbons (Fsp3) is 0.900. The van der Waals surface area contributed by atoms with Crippen molar-refractivity contribution in [2.24, 2.45) is 5.92 Å². The summed E-state index contributed by atoms with van der Waals surface area (Å²) in [4.78, 5) is 16.6. The molecule has 1 saturated heterocycles. The predicted molar refractivity (Wildman–Crippen MR) is 52.5 cm³/mol. The third-order valence-corrected chi connectivity index (χ3v) is 2.63. The first kappa shape index (κ1) is 11.5. The van der Waals surface area contributed by atoms with Crippen LogP contribution in [-0.2, 0) is 14.4 Å². The molecule has 0 aromatic rings. The zero-order valence-electron chi connectivity index (χ0n) is 9.32. The summed E-state index contributed by atoms with van der Waals surface area (Å²) in [5.74, 6) is 0.0909. The largest absolute Gasteiger partial charge is 0.376 e. The number of ether oxygens (including phenoxy) is 1. The summed E-state index contributed by atoms with van der Waals surface area (Å²) in [7, 11) is 3.15. The van der Waals surface area contributed by atoms with E-state index in [1.807, 2.05) is 13.8 Å². The third-order valence-electron chi connectivity index (χ3n) is 2.63. The Morgan fingerprint density at radius 3 is 2.29 bits per heavy atom. The van der Waals surface area contributed by atoms with Crippen LogP contribution in [0, 0.1) is 5.92 Å². The number of carbonyl (C=O) groups excluding carboxylic acids is 1. The number of amides is 1. The van der Waals surface area contributed by atoms with Gasteiger partial charge in [0.15, 0.2) is 0 Å². The van der Waals surface area contributed by atoms with Crippen molar-refractivity contribution in [2.45, 2.75) is 38.9 Å². The van der Waals surface area contributed by atoms with Crippen LogP contribution in [0.15, 0.2) is 0 Å². The van der Waals surface area contributed by atoms with Gasteiger partial charge in [-0.05, 0) is 26.7 Å². The van der Waals surface area contributed by atoms with Crippen molar-refractivity contribution in [2.75, 3.05) is 14.2 Å². The molecule has 0 N–H and O–H groups in total. The zero-order chi connectivity index (χ0) is 10.7. The predicted octanol–water partition coefficient (Wildman–Crippen LogP) is 1.21. The van der Waals surface area contributed by atoms with E-state index in [-0.39, 0.29) is 24.0 Å². The van der Waals surface area contributed by atoms with Crippen LogP contribution in [-0.4, -0.2) is 37.3 Å². The van der Waals surface area contributed by atoms with Crippen LogP contribution < -0.4 is 0 Å². The Hall–Kier alpha value is -0.610. The van der Waals surface area contributed by atoms with E-state index in [4.69, 9.17) is 9.57 Å². The molecule has 0 aromatic carbocycles. The average molecular weight is 201 g/mol. The Balaban J connectivity index is 2.54. The van der Waals surface area contributed by atoms with Gasteiger partial charge in [-0.15, -0.1) is 0 Å². The highest BCUT2D eigenvalue weighted by molar-refractivity contribution is 5.77. The number of nitrogens with zero attached hydrogens (tertiary/aromatic N) is 1. The quantitative estimate of drug-likeness (QED) is 0.630. The van der Waals surface area contributed by atoms with Gasteiger partial charge in [0.2, 0.25) is 5.91 Å². The lowest BCUT2D eigenvalue weighted by Crippen LogP contribution is -2.39. The van der Waals surface area contributed by atoms with E-state index in [9.17, 15) is 4.79 Å². The molecule has 1 amide bonds. The molecule has 1 rings (SSSR count). The Morgan fingerprint density at radius 2 is 1.86 bits per heavy atom. The van der Waals surface area contributed by atoms with Crippen LogP contribution in [0.25, 0.3) is 0 Å². The minimum Gasteiger partial charge on any atom is -0.376 e. The maximum Gasteiger partial charge on any atom is 0.249 e. The zero-order valence-corrected chi connectivity index (χ0v) is 9.32. The molecule has 4 heteroatoms. The molecule has 1 aliphatic rings. The number of rotatable bonds is 2. The van der Waals surface area contributed by atoms with Crippen molar-refractivity contribution in [1.82, 2.24) is 5.06 Å². The first-order valence-corrected chi connectivity index (χ1v) is 5.01. The second-order valence-electron chi connectivity index (χ2n) is 3.94. The first-order chi connectivity index (χ1) is 6.54. The minimum atomic E-state index is 0.0405. The molecule has 0 bridgehead atoms. The fourth-order valence-corrected chi connectivity index (χ4v) is 1.95. The Morgan fingerprint density at radius 1 is 1.36 bits per heavy atom. The monoisotopic (exact) mass is 201 g/mol. The number of hydroxylamine groups is 2. The molecule has 82 valence electrons. The van der Waals surface area contributed by atoms with Gasteiger partial charge < -0.3 is 4.74 Å². The highest BCUT2D eigenvalue weighted by Crippen LogP contribution is 2.25. The van der Waals surface area contributed by atoms with E-state index in [0.717, 1.165) is 12.8 Å². The standard InChI is InChI=1S/C10H19NO3/c1-7-5-9(6-8(2)14-7)10(12)11(3)13-4/h7-9H,5-6H2,1-4H3/t7-,8+,9+. The highest BCUT2D eigenvalue weighted by Gasteiger charge is 2.31. The fourth-order valence-electron chi connectivity index (χ4n) is 1.95. The summed E-state index contributed by atoms with van der Waals surface area (Å²) < 4.78 is 5.57. The van der Waals surface area contributed by atoms with Gasteiger partial charge in [-0.3, -0.25) is 9.63 Å². The molecule has 0 radical (unpaired) electrons. The first-order valence-electron chi connectivity index (χ1n) is 5.01. The van der Waals surface area contributed by atoms with Gasteiger partial charge in [-0.25, -0.2) is 5.06 Å². The van der Waals surface area contributed by atoms with Crippen LogP contribution in [0.4, 0.5) is 0 Å². The Bertz CT molecular complexity index is 198. The maximum atomic E-state index is 11.8. The molecular weight excluding hydrogens is 182 g/mol. The lowest BCUT2D eigenvalue weighted by molar-refractivity contribution is -0.179. The molecule has 3 atom stereocenters. The molecule has 1 fully saturated rings. The van der Waals surface area contributed by atoms with Gasteiger partial charge in [-0.1, -0.05) is 0 Å². The Kier molecular flexibility index (Phi) is 3.89. The van der Waals surface area contributed by atoms with Crippen molar-refractivity contribution in [3.8, 4) is 0 Å². The molecule has 0 unspecified atom stereocenters. The summed E-state index contributed by atoms with van der Waals surface area (Å²) >= 11 is 0. The molecule has 0 saturated carbocycles. The second kappa shape index (κ2) is 4.75. The van der Waals surface area contributed by atoms with Crippen molar-refractivity contribution in [3.05, 3.63) is 0 Å². The summed E-state index contributed by atoms with van der Waals surface area (Å²) in [6, 6.07) is 0. The van der Waals surface area contributed by atoms with Crippen LogP contribution in [0.1, 0.15) is 26.7 Å². The van der Waals surface area contributed by atoms with Gasteiger partial charge in [0.1, 0.15) is 0 Å². The molecule has 0 spiro atoms. The van der Waals surface area contributed by atoms with E-state index in [1.165, 1.54) is 12.2 Å². The van der Waals surface area contributed by atoms with Gasteiger partial charge >= 0.3 is 0 Å². The topological polar surface area (TPSA) is 38.8 Å². The molecular formula is C10H19NO3. The van der Waals surface area contributed by atoms with Gasteiger partial charge in [-0.2, -0.15) is 0 Å². The van der Waals surface area contributed by atoms with Crippen molar-refractivity contribution < 1.29 is 14.4 Å².